The van der Waals surface area contributed by atoms with E-state index in [0.29, 0.717) is 11.3 Å². The van der Waals surface area contributed by atoms with E-state index < -0.39 is 0 Å². The summed E-state index contributed by atoms with van der Waals surface area (Å²) in [7, 11) is 1.98. The minimum atomic E-state index is 0.238. The van der Waals surface area contributed by atoms with E-state index in [9.17, 15) is 4.79 Å². The zero-order chi connectivity index (χ0) is 13.0. The Morgan fingerprint density at radius 3 is 2.89 bits per heavy atom. The van der Waals surface area contributed by atoms with Gasteiger partial charge in [0.05, 0.1) is 11.3 Å². The highest BCUT2D eigenvalue weighted by atomic mass is 16.1. The highest BCUT2D eigenvalue weighted by Gasteiger charge is 2.24. The second-order valence-electron chi connectivity index (χ2n) is 4.89. The standard InChI is InChI=1S/C15H18N2O/c1-17(10-9-12-6-4-8-15(12)18)14-7-3-2-5-13(14)11-16/h2-3,5,7,12H,4,6,8-10H2,1H3. The fourth-order valence-electron chi connectivity index (χ4n) is 2.56. The maximum absolute atomic E-state index is 11.6. The van der Waals surface area contributed by atoms with Crippen LogP contribution in [0.1, 0.15) is 31.2 Å². The molecule has 1 fully saturated rings. The lowest BCUT2D eigenvalue weighted by atomic mass is 10.0. The van der Waals surface area contributed by atoms with Crippen molar-refractivity contribution >= 4 is 11.5 Å². The lowest BCUT2D eigenvalue weighted by Gasteiger charge is -2.21. The summed E-state index contributed by atoms with van der Waals surface area (Å²) >= 11 is 0. The van der Waals surface area contributed by atoms with E-state index in [-0.39, 0.29) is 5.92 Å². The van der Waals surface area contributed by atoms with Crippen molar-refractivity contribution in [2.75, 3.05) is 18.5 Å². The van der Waals surface area contributed by atoms with E-state index in [4.69, 9.17) is 5.26 Å². The van der Waals surface area contributed by atoms with Crippen molar-refractivity contribution in [3.05, 3.63) is 29.8 Å². The molecular weight excluding hydrogens is 224 g/mol. The molecule has 0 saturated heterocycles. The predicted molar refractivity (Wildman–Crippen MR) is 71.4 cm³/mol. The molecule has 94 valence electrons. The van der Waals surface area contributed by atoms with Crippen LogP contribution in [0.5, 0.6) is 0 Å². The molecule has 0 heterocycles. The Bertz CT molecular complexity index is 476. The zero-order valence-electron chi connectivity index (χ0n) is 10.7. The minimum absolute atomic E-state index is 0.238. The predicted octanol–water partition coefficient (Wildman–Crippen LogP) is 2.75. The van der Waals surface area contributed by atoms with E-state index in [1.54, 1.807) is 0 Å². The Balaban J connectivity index is 1.97. The molecule has 1 aliphatic rings. The van der Waals surface area contributed by atoms with Gasteiger partial charge in [0.25, 0.3) is 0 Å². The second kappa shape index (κ2) is 5.68. The van der Waals surface area contributed by atoms with Gasteiger partial charge in [0.2, 0.25) is 0 Å². The number of benzene rings is 1. The first-order valence-electron chi connectivity index (χ1n) is 6.45. The van der Waals surface area contributed by atoms with Gasteiger partial charge in [-0.05, 0) is 31.4 Å². The average Bonchev–Trinajstić information content (AvgIpc) is 2.81. The molecule has 0 aromatic heterocycles. The first kappa shape index (κ1) is 12.6. The van der Waals surface area contributed by atoms with Crippen LogP contribution in [-0.2, 0) is 4.79 Å². The van der Waals surface area contributed by atoms with Gasteiger partial charge in [0.1, 0.15) is 11.9 Å². The van der Waals surface area contributed by atoms with Crippen LogP contribution in [0, 0.1) is 17.2 Å². The summed E-state index contributed by atoms with van der Waals surface area (Å²) in [6.45, 7) is 0.828. The van der Waals surface area contributed by atoms with Gasteiger partial charge in [-0.1, -0.05) is 12.1 Å². The molecule has 0 amide bonds. The van der Waals surface area contributed by atoms with Gasteiger partial charge in [-0.25, -0.2) is 0 Å². The molecule has 2 rings (SSSR count). The molecule has 18 heavy (non-hydrogen) atoms. The summed E-state index contributed by atoms with van der Waals surface area (Å²) in [6.07, 6.45) is 3.73. The summed E-state index contributed by atoms with van der Waals surface area (Å²) in [4.78, 5) is 13.6. The molecule has 1 atom stereocenters. The maximum Gasteiger partial charge on any atom is 0.136 e. The maximum atomic E-state index is 11.6. The first-order valence-corrected chi connectivity index (χ1v) is 6.45. The van der Waals surface area contributed by atoms with Crippen molar-refractivity contribution in [3.8, 4) is 6.07 Å². The van der Waals surface area contributed by atoms with Gasteiger partial charge in [-0.3, -0.25) is 4.79 Å². The highest BCUT2D eigenvalue weighted by molar-refractivity contribution is 5.82. The third-order valence-electron chi connectivity index (χ3n) is 3.68. The lowest BCUT2D eigenvalue weighted by molar-refractivity contribution is -0.120. The number of carbonyl (C=O) groups is 1. The van der Waals surface area contributed by atoms with E-state index in [1.165, 1.54) is 0 Å². The quantitative estimate of drug-likeness (QED) is 0.815. The number of Topliss-reactive ketones (excluding diaryl/α,β-unsaturated/α-hetero) is 1. The number of ketones is 1. The number of anilines is 1. The summed E-state index contributed by atoms with van der Waals surface area (Å²) in [5.74, 6) is 0.652. The molecular formula is C15H18N2O. The van der Waals surface area contributed by atoms with Crippen molar-refractivity contribution in [2.24, 2.45) is 5.92 Å². The summed E-state index contributed by atoms with van der Waals surface area (Å²) < 4.78 is 0. The zero-order valence-corrected chi connectivity index (χ0v) is 10.7. The van der Waals surface area contributed by atoms with Crippen molar-refractivity contribution in [1.82, 2.24) is 0 Å². The molecule has 0 N–H and O–H groups in total. The molecule has 0 bridgehead atoms. The summed E-state index contributed by atoms with van der Waals surface area (Å²) in [5.41, 5.74) is 1.64. The highest BCUT2D eigenvalue weighted by Crippen LogP contribution is 2.26. The fraction of sp³-hybridized carbons (Fsp3) is 0.467. The molecule has 0 radical (unpaired) electrons. The normalized spacial score (nSPS) is 18.7. The smallest absolute Gasteiger partial charge is 0.136 e. The SMILES string of the molecule is CN(CCC1CCCC1=O)c1ccccc1C#N. The van der Waals surface area contributed by atoms with Crippen molar-refractivity contribution < 1.29 is 4.79 Å². The van der Waals surface area contributed by atoms with E-state index in [1.807, 2.05) is 31.3 Å². The Morgan fingerprint density at radius 2 is 2.22 bits per heavy atom. The van der Waals surface area contributed by atoms with Crippen molar-refractivity contribution in [2.45, 2.75) is 25.7 Å². The third kappa shape index (κ3) is 2.70. The number of nitrogens with zero attached hydrogens (tertiary/aromatic N) is 2. The molecule has 1 aliphatic carbocycles. The Kier molecular flexibility index (Phi) is 3.99. The molecule has 1 unspecified atom stereocenters. The molecule has 1 aromatic rings. The second-order valence-corrected chi connectivity index (χ2v) is 4.89. The number of hydrogen-bond acceptors (Lipinski definition) is 3. The molecule has 3 heteroatoms. The number of nitriles is 1. The van der Waals surface area contributed by atoms with E-state index in [0.717, 1.165) is 37.9 Å². The van der Waals surface area contributed by atoms with Crippen LogP contribution in [0.25, 0.3) is 0 Å². The summed E-state index contributed by atoms with van der Waals surface area (Å²) in [5, 5.41) is 9.06. The Labute approximate surface area is 108 Å². The van der Waals surface area contributed by atoms with Crippen molar-refractivity contribution in [3.63, 3.8) is 0 Å². The van der Waals surface area contributed by atoms with Gasteiger partial charge >= 0.3 is 0 Å². The average molecular weight is 242 g/mol. The van der Waals surface area contributed by atoms with Gasteiger partial charge < -0.3 is 4.90 Å². The number of rotatable bonds is 4. The van der Waals surface area contributed by atoms with E-state index in [2.05, 4.69) is 11.0 Å². The van der Waals surface area contributed by atoms with Gasteiger partial charge in [0.15, 0.2) is 0 Å². The monoisotopic (exact) mass is 242 g/mol. The van der Waals surface area contributed by atoms with Gasteiger partial charge in [-0.2, -0.15) is 5.26 Å². The molecule has 0 aliphatic heterocycles. The van der Waals surface area contributed by atoms with Crippen LogP contribution in [0.3, 0.4) is 0 Å². The van der Waals surface area contributed by atoms with Crippen molar-refractivity contribution in [1.29, 1.82) is 5.26 Å². The molecule has 3 nitrogen and oxygen atoms in total. The summed E-state index contributed by atoms with van der Waals surface area (Å²) in [6, 6.07) is 9.79. The minimum Gasteiger partial charge on any atom is -0.374 e. The topological polar surface area (TPSA) is 44.1 Å². The van der Waals surface area contributed by atoms with Crippen LogP contribution in [-0.4, -0.2) is 19.4 Å². The first-order chi connectivity index (χ1) is 8.72. The lowest BCUT2D eigenvalue weighted by Crippen LogP contribution is -2.23. The Morgan fingerprint density at radius 1 is 1.44 bits per heavy atom. The van der Waals surface area contributed by atoms with Crippen LogP contribution < -0.4 is 4.90 Å². The molecule has 0 spiro atoms. The molecule has 1 aromatic carbocycles. The molecule has 1 saturated carbocycles. The van der Waals surface area contributed by atoms with E-state index >= 15 is 0 Å². The number of hydrogen-bond donors (Lipinski definition) is 0. The van der Waals surface area contributed by atoms with Crippen LogP contribution in [0.2, 0.25) is 0 Å². The van der Waals surface area contributed by atoms with Gasteiger partial charge in [0, 0.05) is 25.9 Å². The largest absolute Gasteiger partial charge is 0.374 e. The van der Waals surface area contributed by atoms with Gasteiger partial charge in [-0.15, -0.1) is 0 Å². The van der Waals surface area contributed by atoms with Crippen LogP contribution >= 0.6 is 0 Å². The number of para-hydroxylation sites is 1. The van der Waals surface area contributed by atoms with Crippen LogP contribution in [0.4, 0.5) is 5.69 Å². The number of carbonyl (C=O) groups excluding carboxylic acids is 1. The Hall–Kier alpha value is -1.82. The van der Waals surface area contributed by atoms with Crippen LogP contribution in [0.15, 0.2) is 24.3 Å². The third-order valence-corrected chi connectivity index (χ3v) is 3.68. The fourth-order valence-corrected chi connectivity index (χ4v) is 2.56.